The molecule has 0 saturated heterocycles. The van der Waals surface area contributed by atoms with E-state index in [4.69, 9.17) is 10.5 Å². The third-order valence-corrected chi connectivity index (χ3v) is 3.69. The summed E-state index contributed by atoms with van der Waals surface area (Å²) in [5.41, 5.74) is 7.83. The van der Waals surface area contributed by atoms with Crippen LogP contribution in [-0.4, -0.2) is 26.5 Å². The lowest BCUT2D eigenvalue weighted by Crippen LogP contribution is -2.46. The lowest BCUT2D eigenvalue weighted by Gasteiger charge is -2.20. The van der Waals surface area contributed by atoms with Crippen molar-refractivity contribution in [3.8, 4) is 0 Å². The molecule has 0 spiro atoms. The van der Waals surface area contributed by atoms with Crippen molar-refractivity contribution >= 4 is 19.3 Å². The van der Waals surface area contributed by atoms with E-state index >= 15 is 0 Å². The van der Waals surface area contributed by atoms with Gasteiger partial charge in [0.05, 0.1) is 7.11 Å². The van der Waals surface area contributed by atoms with Crippen LogP contribution in [-0.2, 0) is 9.53 Å². The lowest BCUT2D eigenvalue weighted by atomic mass is 9.89. The van der Waals surface area contributed by atoms with Gasteiger partial charge in [0, 0.05) is 0 Å². The van der Waals surface area contributed by atoms with E-state index in [1.54, 1.807) is 0 Å². The Labute approximate surface area is 103 Å². The van der Waals surface area contributed by atoms with E-state index in [9.17, 15) is 4.79 Å². The van der Waals surface area contributed by atoms with Crippen molar-refractivity contribution < 1.29 is 9.53 Å². The molecule has 0 bridgehead atoms. The zero-order chi connectivity index (χ0) is 12.5. The Kier molecular flexibility index (Phi) is 3.25. The van der Waals surface area contributed by atoms with Gasteiger partial charge in [0.25, 0.3) is 0 Å². The fourth-order valence-corrected chi connectivity index (χ4v) is 2.59. The molecule has 0 radical (unpaired) electrons. The summed E-state index contributed by atoms with van der Waals surface area (Å²) in [5.74, 6) is 0.0896. The predicted molar refractivity (Wildman–Crippen MR) is 70.1 cm³/mol. The molecule has 1 aromatic rings. The number of rotatable bonds is 2. The van der Waals surface area contributed by atoms with Crippen molar-refractivity contribution in [2.75, 3.05) is 7.11 Å². The molecular weight excluding hydrogens is 213 g/mol. The Morgan fingerprint density at radius 1 is 1.47 bits per heavy atom. The number of hydrogen-bond acceptors (Lipinski definition) is 3. The third-order valence-electron chi connectivity index (χ3n) is 3.69. The smallest absolute Gasteiger partial charge is 0.325 e. The van der Waals surface area contributed by atoms with Gasteiger partial charge in [-0.3, -0.25) is 4.79 Å². The number of esters is 1. The summed E-state index contributed by atoms with van der Waals surface area (Å²) in [5, 5.41) is 0. The second-order valence-corrected chi connectivity index (χ2v) is 5.00. The molecule has 4 heteroatoms. The van der Waals surface area contributed by atoms with Crippen LogP contribution in [0.2, 0.25) is 0 Å². The number of ether oxygens (including phenoxy) is 1. The Hall–Kier alpha value is -1.29. The van der Waals surface area contributed by atoms with Crippen molar-refractivity contribution in [3.05, 3.63) is 29.8 Å². The van der Waals surface area contributed by atoms with E-state index in [1.807, 2.05) is 0 Å². The summed E-state index contributed by atoms with van der Waals surface area (Å²) < 4.78 is 4.78. The van der Waals surface area contributed by atoms with Gasteiger partial charge in [0.1, 0.15) is 13.4 Å². The van der Waals surface area contributed by atoms with Gasteiger partial charge in [-0.2, -0.15) is 0 Å². The van der Waals surface area contributed by atoms with Crippen molar-refractivity contribution in [2.24, 2.45) is 5.73 Å². The highest BCUT2D eigenvalue weighted by Crippen LogP contribution is 2.39. The molecule has 1 saturated carbocycles. The molecule has 17 heavy (non-hydrogen) atoms. The normalized spacial score (nSPS) is 28.0. The average Bonchev–Trinajstić information content (AvgIpc) is 2.73. The van der Waals surface area contributed by atoms with Crippen LogP contribution < -0.4 is 11.2 Å². The number of methoxy groups -OCH3 is 1. The van der Waals surface area contributed by atoms with Crippen LogP contribution in [0.1, 0.15) is 30.7 Å². The summed E-state index contributed by atoms with van der Waals surface area (Å²) in [6.45, 7) is 0. The molecule has 2 atom stereocenters. The Morgan fingerprint density at radius 3 is 2.71 bits per heavy atom. The highest BCUT2D eigenvalue weighted by Gasteiger charge is 2.43. The summed E-state index contributed by atoms with van der Waals surface area (Å²) in [6.07, 6.45) is 2.34. The van der Waals surface area contributed by atoms with Gasteiger partial charge in [-0.1, -0.05) is 29.7 Å². The number of hydrogen-bond donors (Lipinski definition) is 1. The van der Waals surface area contributed by atoms with E-state index in [-0.39, 0.29) is 5.97 Å². The molecule has 0 amide bonds. The fourth-order valence-electron chi connectivity index (χ4n) is 2.59. The van der Waals surface area contributed by atoms with Crippen LogP contribution in [0.4, 0.5) is 0 Å². The zero-order valence-corrected chi connectivity index (χ0v) is 10.4. The highest BCUT2D eigenvalue weighted by atomic mass is 16.5. The molecule has 1 aliphatic rings. The minimum absolute atomic E-state index is 0.285. The van der Waals surface area contributed by atoms with E-state index < -0.39 is 5.54 Å². The average molecular weight is 231 g/mol. The molecule has 0 aromatic heterocycles. The Bertz CT molecular complexity index is 418. The van der Waals surface area contributed by atoms with E-state index in [0.29, 0.717) is 18.8 Å². The monoisotopic (exact) mass is 231 g/mol. The highest BCUT2D eigenvalue weighted by molar-refractivity contribution is 6.32. The van der Waals surface area contributed by atoms with Crippen LogP contribution >= 0.6 is 0 Å². The van der Waals surface area contributed by atoms with Gasteiger partial charge >= 0.3 is 5.97 Å². The van der Waals surface area contributed by atoms with E-state index in [1.165, 1.54) is 18.1 Å². The Balaban J connectivity index is 2.12. The van der Waals surface area contributed by atoms with Crippen LogP contribution in [0.5, 0.6) is 0 Å². The minimum atomic E-state index is -0.787. The molecule has 1 aromatic carbocycles. The topological polar surface area (TPSA) is 52.3 Å². The molecule has 2 N–H and O–H groups in total. The van der Waals surface area contributed by atoms with Gasteiger partial charge < -0.3 is 10.5 Å². The van der Waals surface area contributed by atoms with Crippen molar-refractivity contribution in [1.29, 1.82) is 0 Å². The SMILES string of the molecule is Bc1ccc([C@@H]2CC[C@](N)(C(=O)OC)C2)cc1. The number of carbonyl (C=O) groups excluding carboxylic acids is 1. The number of nitrogens with two attached hydrogens (primary N) is 1. The molecule has 0 aliphatic heterocycles. The van der Waals surface area contributed by atoms with Crippen LogP contribution in [0, 0.1) is 0 Å². The van der Waals surface area contributed by atoms with Gasteiger partial charge in [0.2, 0.25) is 0 Å². The van der Waals surface area contributed by atoms with Crippen LogP contribution in [0.3, 0.4) is 0 Å². The number of carbonyl (C=O) groups is 1. The van der Waals surface area contributed by atoms with E-state index in [2.05, 4.69) is 32.1 Å². The van der Waals surface area contributed by atoms with Crippen LogP contribution in [0.15, 0.2) is 24.3 Å². The standard InChI is InChI=1S/C13H18BNO2/c1-17-12(16)13(15)7-6-10(8-13)9-2-4-11(14)5-3-9/h2-5,10H,6-8,14-15H2,1H3/t10-,13-/m1/s1. The molecule has 2 rings (SSSR count). The maximum absolute atomic E-state index is 11.6. The first-order valence-corrected chi connectivity index (χ1v) is 5.99. The first-order valence-electron chi connectivity index (χ1n) is 5.99. The summed E-state index contributed by atoms with van der Waals surface area (Å²) in [6, 6.07) is 8.46. The molecule has 0 unspecified atom stereocenters. The van der Waals surface area contributed by atoms with Crippen molar-refractivity contribution in [3.63, 3.8) is 0 Å². The fraction of sp³-hybridized carbons (Fsp3) is 0.462. The molecule has 1 fully saturated rings. The molecule has 3 nitrogen and oxygen atoms in total. The molecule has 1 aliphatic carbocycles. The van der Waals surface area contributed by atoms with Crippen molar-refractivity contribution in [1.82, 2.24) is 0 Å². The molecular formula is C13H18BNO2. The quantitative estimate of drug-likeness (QED) is 0.579. The largest absolute Gasteiger partial charge is 0.468 e. The zero-order valence-electron chi connectivity index (χ0n) is 10.4. The van der Waals surface area contributed by atoms with Crippen LogP contribution in [0.25, 0.3) is 0 Å². The van der Waals surface area contributed by atoms with Crippen molar-refractivity contribution in [2.45, 2.75) is 30.7 Å². The third kappa shape index (κ3) is 2.37. The summed E-state index contributed by atoms with van der Waals surface area (Å²) >= 11 is 0. The second kappa shape index (κ2) is 4.53. The first kappa shape index (κ1) is 12.2. The van der Waals surface area contributed by atoms with Gasteiger partial charge in [-0.15, -0.1) is 0 Å². The summed E-state index contributed by atoms with van der Waals surface area (Å²) in [7, 11) is 3.47. The first-order chi connectivity index (χ1) is 8.05. The summed E-state index contributed by atoms with van der Waals surface area (Å²) in [4.78, 5) is 11.6. The van der Waals surface area contributed by atoms with Gasteiger partial charge in [-0.05, 0) is 30.7 Å². The van der Waals surface area contributed by atoms with Gasteiger partial charge in [-0.25, -0.2) is 0 Å². The lowest BCUT2D eigenvalue weighted by molar-refractivity contribution is -0.146. The maximum atomic E-state index is 11.6. The number of benzene rings is 1. The predicted octanol–water partition coefficient (Wildman–Crippen LogP) is 0.0830. The molecule has 0 heterocycles. The minimum Gasteiger partial charge on any atom is -0.468 e. The maximum Gasteiger partial charge on any atom is 0.325 e. The van der Waals surface area contributed by atoms with Gasteiger partial charge in [0.15, 0.2) is 0 Å². The molecule has 90 valence electrons. The second-order valence-electron chi connectivity index (χ2n) is 5.00. The van der Waals surface area contributed by atoms with E-state index in [0.717, 1.165) is 6.42 Å². The Morgan fingerprint density at radius 2 is 2.12 bits per heavy atom.